The van der Waals surface area contributed by atoms with Gasteiger partial charge < -0.3 is 13.9 Å². The Morgan fingerprint density at radius 1 is 1.07 bits per heavy atom. The van der Waals surface area contributed by atoms with Crippen molar-refractivity contribution in [1.29, 1.82) is 0 Å². The van der Waals surface area contributed by atoms with Gasteiger partial charge in [-0.3, -0.25) is 9.59 Å². The summed E-state index contributed by atoms with van der Waals surface area (Å²) in [6.07, 6.45) is -2.20. The molecule has 160 valence electrons. The molecule has 1 aliphatic heterocycles. The quantitative estimate of drug-likeness (QED) is 0.596. The topological polar surface area (TPSA) is 46.7 Å². The predicted octanol–water partition coefficient (Wildman–Crippen LogP) is 3.97. The highest BCUT2D eigenvalue weighted by atomic mass is 19.4. The lowest BCUT2D eigenvalue weighted by Crippen LogP contribution is -2.42. The van der Waals surface area contributed by atoms with Crippen LogP contribution in [0.25, 0.3) is 16.6 Å². The number of hydrogen-bond donors (Lipinski definition) is 0. The molecule has 3 aromatic rings. The zero-order chi connectivity index (χ0) is 21.5. The molecule has 5 nitrogen and oxygen atoms in total. The van der Waals surface area contributed by atoms with Crippen molar-refractivity contribution in [3.8, 4) is 0 Å². The van der Waals surface area contributed by atoms with E-state index in [1.807, 2.05) is 0 Å². The summed E-state index contributed by atoms with van der Waals surface area (Å²) in [7, 11) is 0. The molecule has 0 bridgehead atoms. The summed E-state index contributed by atoms with van der Waals surface area (Å²) >= 11 is 0. The van der Waals surface area contributed by atoms with E-state index in [0.29, 0.717) is 23.0 Å². The van der Waals surface area contributed by atoms with Gasteiger partial charge in [-0.2, -0.15) is 13.2 Å². The second kappa shape index (κ2) is 7.77. The van der Waals surface area contributed by atoms with Gasteiger partial charge in [0.1, 0.15) is 11.3 Å². The first-order valence-corrected chi connectivity index (χ1v) is 9.89. The number of benzene rings is 1. The zero-order valence-electron chi connectivity index (χ0n) is 16.2. The Balaban J connectivity index is 1.46. The normalized spacial score (nSPS) is 15.9. The van der Waals surface area contributed by atoms with Gasteiger partial charge in [-0.25, -0.2) is 4.39 Å². The van der Waals surface area contributed by atoms with Crippen LogP contribution in [0.2, 0.25) is 0 Å². The Morgan fingerprint density at radius 3 is 2.50 bits per heavy atom. The summed E-state index contributed by atoms with van der Waals surface area (Å²) in [5.74, 6) is -2.04. The molecule has 4 rings (SSSR count). The third-order valence-electron chi connectivity index (χ3n) is 5.78. The molecule has 1 fully saturated rings. The van der Waals surface area contributed by atoms with E-state index in [4.69, 9.17) is 0 Å². The highest BCUT2D eigenvalue weighted by Crippen LogP contribution is 2.34. The molecule has 0 radical (unpaired) electrons. The molecule has 1 amide bonds. The largest absolute Gasteiger partial charge is 0.391 e. The van der Waals surface area contributed by atoms with Crippen LogP contribution in [0.15, 0.2) is 41.3 Å². The second-order valence-corrected chi connectivity index (χ2v) is 7.65. The maximum Gasteiger partial charge on any atom is 0.391 e. The number of carbonyl (C=O) groups is 1. The van der Waals surface area contributed by atoms with Crippen molar-refractivity contribution < 1.29 is 22.4 Å². The summed E-state index contributed by atoms with van der Waals surface area (Å²) < 4.78 is 55.3. The van der Waals surface area contributed by atoms with Crippen LogP contribution < -0.4 is 5.56 Å². The van der Waals surface area contributed by atoms with Gasteiger partial charge >= 0.3 is 6.18 Å². The van der Waals surface area contributed by atoms with E-state index >= 15 is 0 Å². The van der Waals surface area contributed by atoms with E-state index in [1.54, 1.807) is 28.8 Å². The number of aryl methyl sites for hydroxylation is 1. The first-order valence-electron chi connectivity index (χ1n) is 9.89. The van der Waals surface area contributed by atoms with Crippen molar-refractivity contribution in [2.24, 2.45) is 5.92 Å². The van der Waals surface area contributed by atoms with Gasteiger partial charge in [-0.1, -0.05) is 0 Å². The van der Waals surface area contributed by atoms with E-state index in [2.05, 4.69) is 0 Å². The van der Waals surface area contributed by atoms with E-state index in [-0.39, 0.29) is 50.4 Å². The molecule has 0 atom stereocenters. The highest BCUT2D eigenvalue weighted by Gasteiger charge is 2.41. The van der Waals surface area contributed by atoms with Crippen molar-refractivity contribution in [2.75, 3.05) is 13.1 Å². The van der Waals surface area contributed by atoms with Gasteiger partial charge in [-0.05, 0) is 49.6 Å². The minimum Gasteiger partial charge on any atom is -0.343 e. The molecule has 0 spiro atoms. The van der Waals surface area contributed by atoms with Gasteiger partial charge in [-0.15, -0.1) is 0 Å². The Hall–Kier alpha value is -2.84. The van der Waals surface area contributed by atoms with Crippen LogP contribution >= 0.6 is 0 Å². The first kappa shape index (κ1) is 20.4. The number of amides is 1. The number of aromatic nitrogens is 2. The minimum atomic E-state index is -4.22. The molecule has 1 saturated heterocycles. The summed E-state index contributed by atoms with van der Waals surface area (Å²) in [4.78, 5) is 26.7. The Morgan fingerprint density at radius 2 is 1.80 bits per heavy atom. The van der Waals surface area contributed by atoms with Crippen LogP contribution in [-0.4, -0.2) is 39.0 Å². The Kier molecular flexibility index (Phi) is 5.29. The molecule has 0 saturated carbocycles. The molecule has 0 aliphatic carbocycles. The summed E-state index contributed by atoms with van der Waals surface area (Å²) in [5.41, 5.74) is 1.28. The zero-order valence-corrected chi connectivity index (χ0v) is 16.2. The van der Waals surface area contributed by atoms with Crippen molar-refractivity contribution >= 4 is 22.5 Å². The highest BCUT2D eigenvalue weighted by molar-refractivity contribution is 5.79. The number of piperidine rings is 1. The molecule has 0 unspecified atom stereocenters. The average molecular weight is 423 g/mol. The minimum absolute atomic E-state index is 0.0799. The molecule has 1 aromatic carbocycles. The number of rotatable bonds is 4. The maximum absolute atomic E-state index is 13.8. The van der Waals surface area contributed by atoms with Crippen LogP contribution in [0, 0.1) is 11.7 Å². The summed E-state index contributed by atoms with van der Waals surface area (Å²) in [5, 5.41) is 0. The van der Waals surface area contributed by atoms with E-state index in [0.717, 1.165) is 0 Å². The molecular formula is C21H21F4N3O2. The fourth-order valence-electron chi connectivity index (χ4n) is 4.15. The monoisotopic (exact) mass is 423 g/mol. The third-order valence-corrected chi connectivity index (χ3v) is 5.78. The molecule has 2 aromatic heterocycles. The Bertz CT molecular complexity index is 1140. The lowest BCUT2D eigenvalue weighted by atomic mass is 9.96. The molecular weight excluding hydrogens is 402 g/mol. The molecule has 0 N–H and O–H groups in total. The smallest absolute Gasteiger partial charge is 0.343 e. The second-order valence-electron chi connectivity index (χ2n) is 7.65. The number of carbonyl (C=O) groups excluding carboxylic acids is 1. The van der Waals surface area contributed by atoms with Crippen molar-refractivity contribution in [3.63, 3.8) is 0 Å². The van der Waals surface area contributed by atoms with Crippen LogP contribution in [0.4, 0.5) is 17.6 Å². The SMILES string of the molecule is O=C(CCCn1c(=O)c2cccn2c2ccc(F)cc21)N1CCC(C(F)(F)F)CC1. The van der Waals surface area contributed by atoms with E-state index in [9.17, 15) is 27.2 Å². The fraction of sp³-hybridized carbons (Fsp3) is 0.429. The van der Waals surface area contributed by atoms with Gasteiger partial charge in [0.2, 0.25) is 5.91 Å². The fourth-order valence-corrected chi connectivity index (χ4v) is 4.15. The predicted molar refractivity (Wildman–Crippen MR) is 104 cm³/mol. The summed E-state index contributed by atoms with van der Waals surface area (Å²) in [6, 6.07) is 7.63. The van der Waals surface area contributed by atoms with Crippen LogP contribution in [0.1, 0.15) is 25.7 Å². The van der Waals surface area contributed by atoms with Crippen molar-refractivity contribution in [3.05, 3.63) is 52.7 Å². The van der Waals surface area contributed by atoms with Crippen LogP contribution in [0.3, 0.4) is 0 Å². The van der Waals surface area contributed by atoms with Gasteiger partial charge in [0, 0.05) is 32.3 Å². The van der Waals surface area contributed by atoms with E-state index in [1.165, 1.54) is 21.6 Å². The van der Waals surface area contributed by atoms with Crippen molar-refractivity contribution in [2.45, 2.75) is 38.4 Å². The summed E-state index contributed by atoms with van der Waals surface area (Å²) in [6.45, 7) is 0.394. The number of fused-ring (bicyclic) bond motifs is 3. The lowest BCUT2D eigenvalue weighted by molar-refractivity contribution is -0.186. The molecule has 30 heavy (non-hydrogen) atoms. The molecule has 3 heterocycles. The number of alkyl halides is 3. The van der Waals surface area contributed by atoms with Crippen LogP contribution in [0.5, 0.6) is 0 Å². The number of hydrogen-bond acceptors (Lipinski definition) is 2. The Labute approximate surface area is 169 Å². The van der Waals surface area contributed by atoms with Gasteiger partial charge in [0.05, 0.1) is 17.0 Å². The van der Waals surface area contributed by atoms with Gasteiger partial charge in [0.25, 0.3) is 5.56 Å². The maximum atomic E-state index is 13.8. The molecule has 9 heteroatoms. The average Bonchev–Trinajstić information content (AvgIpc) is 3.20. The number of halogens is 4. The first-order chi connectivity index (χ1) is 14.3. The standard InChI is InChI=1S/C21H21F4N3O2/c22-15-5-6-16-18(13-15)28(20(30)17-3-1-9-27(16)17)10-2-4-19(29)26-11-7-14(8-12-26)21(23,24)25/h1,3,5-6,9,13-14H,2,4,7-8,10-12H2. The van der Waals surface area contributed by atoms with Gasteiger partial charge in [0.15, 0.2) is 0 Å². The number of likely N-dealkylation sites (tertiary alicyclic amines) is 1. The third kappa shape index (κ3) is 3.80. The van der Waals surface area contributed by atoms with Crippen LogP contribution in [-0.2, 0) is 11.3 Å². The number of nitrogens with zero attached hydrogens (tertiary/aromatic N) is 3. The van der Waals surface area contributed by atoms with Crippen molar-refractivity contribution in [1.82, 2.24) is 13.9 Å². The molecule has 1 aliphatic rings. The van der Waals surface area contributed by atoms with E-state index < -0.39 is 17.9 Å². The lowest BCUT2D eigenvalue weighted by Gasteiger charge is -2.33.